The zero-order valence-electron chi connectivity index (χ0n) is 12.4. The van der Waals surface area contributed by atoms with Crippen molar-refractivity contribution in [3.8, 4) is 0 Å². The van der Waals surface area contributed by atoms with Crippen molar-refractivity contribution in [2.24, 2.45) is 0 Å². The van der Waals surface area contributed by atoms with Crippen LogP contribution in [0.1, 0.15) is 38.6 Å². The number of carboxylic acids is 1. The number of aliphatic carboxylic acids is 1. The molecule has 0 unspecified atom stereocenters. The summed E-state index contributed by atoms with van der Waals surface area (Å²) in [6.07, 6.45) is 1.78. The van der Waals surface area contributed by atoms with Crippen molar-refractivity contribution in [2.75, 3.05) is 11.9 Å². The standard InChI is InChI=1S/C15H16N2O5S/c1-9-8-11(17-14(20)10-4-3-7-22-10)23-13(9)15(21)16-6-2-5-12(18)19/h3-4,7-8H,2,5-6H2,1H3,(H,16,21)(H,17,20)(H,18,19). The lowest BCUT2D eigenvalue weighted by Gasteiger charge is -2.03. The highest BCUT2D eigenvalue weighted by Gasteiger charge is 2.16. The second kappa shape index (κ2) is 7.59. The molecule has 0 bridgehead atoms. The van der Waals surface area contributed by atoms with Gasteiger partial charge in [-0.25, -0.2) is 0 Å². The Balaban J connectivity index is 1.93. The average Bonchev–Trinajstić information content (AvgIpc) is 3.13. The van der Waals surface area contributed by atoms with Gasteiger partial charge in [0.2, 0.25) is 0 Å². The first-order valence-corrected chi connectivity index (χ1v) is 7.74. The number of anilines is 1. The van der Waals surface area contributed by atoms with Gasteiger partial charge in [0.05, 0.1) is 16.1 Å². The molecule has 2 aromatic rings. The smallest absolute Gasteiger partial charge is 0.303 e. The third kappa shape index (κ3) is 4.68. The van der Waals surface area contributed by atoms with Crippen LogP contribution in [-0.4, -0.2) is 29.4 Å². The fourth-order valence-corrected chi connectivity index (χ4v) is 2.86. The Labute approximate surface area is 136 Å². The summed E-state index contributed by atoms with van der Waals surface area (Å²) in [5, 5.41) is 14.4. The number of thiophene rings is 1. The zero-order valence-corrected chi connectivity index (χ0v) is 13.2. The van der Waals surface area contributed by atoms with Crippen LogP contribution in [0.4, 0.5) is 5.00 Å². The van der Waals surface area contributed by atoms with Gasteiger partial charge in [-0.3, -0.25) is 14.4 Å². The highest BCUT2D eigenvalue weighted by molar-refractivity contribution is 7.18. The van der Waals surface area contributed by atoms with E-state index in [0.717, 1.165) is 16.9 Å². The molecular formula is C15H16N2O5S. The molecule has 0 atom stereocenters. The van der Waals surface area contributed by atoms with Gasteiger partial charge in [-0.1, -0.05) is 0 Å². The van der Waals surface area contributed by atoms with Crippen LogP contribution >= 0.6 is 11.3 Å². The van der Waals surface area contributed by atoms with Crippen LogP contribution in [0.25, 0.3) is 0 Å². The van der Waals surface area contributed by atoms with Crippen molar-refractivity contribution in [3.05, 3.63) is 40.7 Å². The van der Waals surface area contributed by atoms with Crippen molar-refractivity contribution >= 4 is 34.1 Å². The van der Waals surface area contributed by atoms with Gasteiger partial charge in [0.1, 0.15) is 0 Å². The first-order valence-electron chi connectivity index (χ1n) is 6.92. The quantitative estimate of drug-likeness (QED) is 0.673. The SMILES string of the molecule is Cc1cc(NC(=O)c2ccco2)sc1C(=O)NCCCC(=O)O. The third-order valence-corrected chi connectivity index (χ3v) is 4.11. The predicted octanol–water partition coefficient (Wildman–Crippen LogP) is 2.50. The topological polar surface area (TPSA) is 109 Å². The molecule has 2 heterocycles. The van der Waals surface area contributed by atoms with Gasteiger partial charge >= 0.3 is 5.97 Å². The lowest BCUT2D eigenvalue weighted by Crippen LogP contribution is -2.24. The minimum absolute atomic E-state index is 0.00809. The fraction of sp³-hybridized carbons (Fsp3) is 0.267. The summed E-state index contributed by atoms with van der Waals surface area (Å²) in [6, 6.07) is 4.87. The zero-order chi connectivity index (χ0) is 16.8. The molecule has 7 nitrogen and oxygen atoms in total. The Morgan fingerprint density at radius 3 is 2.74 bits per heavy atom. The van der Waals surface area contributed by atoms with Gasteiger partial charge in [-0.2, -0.15) is 0 Å². The molecule has 0 fully saturated rings. The molecule has 2 amide bonds. The number of carbonyl (C=O) groups is 3. The van der Waals surface area contributed by atoms with Gasteiger partial charge in [0.25, 0.3) is 11.8 Å². The Morgan fingerprint density at radius 2 is 2.09 bits per heavy atom. The van der Waals surface area contributed by atoms with E-state index < -0.39 is 5.97 Å². The van der Waals surface area contributed by atoms with Gasteiger partial charge in [-0.15, -0.1) is 11.3 Å². The van der Waals surface area contributed by atoms with Gasteiger partial charge in [-0.05, 0) is 37.1 Å². The second-order valence-electron chi connectivity index (χ2n) is 4.81. The van der Waals surface area contributed by atoms with Crippen LogP contribution in [0, 0.1) is 6.92 Å². The summed E-state index contributed by atoms with van der Waals surface area (Å²) < 4.78 is 5.00. The van der Waals surface area contributed by atoms with Crippen LogP contribution in [0.3, 0.4) is 0 Å². The van der Waals surface area contributed by atoms with E-state index in [1.54, 1.807) is 25.1 Å². The average molecular weight is 336 g/mol. The first-order chi connectivity index (χ1) is 11.0. The van der Waals surface area contributed by atoms with Crippen LogP contribution < -0.4 is 10.6 Å². The molecule has 2 aromatic heterocycles. The van der Waals surface area contributed by atoms with E-state index in [0.29, 0.717) is 16.3 Å². The summed E-state index contributed by atoms with van der Waals surface area (Å²) in [5.41, 5.74) is 0.737. The van der Waals surface area contributed by atoms with E-state index in [-0.39, 0.29) is 30.5 Å². The molecular weight excluding hydrogens is 320 g/mol. The lowest BCUT2D eigenvalue weighted by molar-refractivity contribution is -0.137. The molecule has 0 saturated carbocycles. The number of hydrogen-bond acceptors (Lipinski definition) is 5. The third-order valence-electron chi connectivity index (χ3n) is 2.96. The summed E-state index contributed by atoms with van der Waals surface area (Å²) in [7, 11) is 0. The Kier molecular flexibility index (Phi) is 5.53. The maximum absolute atomic E-state index is 12.1. The predicted molar refractivity (Wildman–Crippen MR) is 84.9 cm³/mol. The number of amides is 2. The number of furan rings is 1. The largest absolute Gasteiger partial charge is 0.481 e. The van der Waals surface area contributed by atoms with Crippen molar-refractivity contribution < 1.29 is 23.9 Å². The summed E-state index contributed by atoms with van der Waals surface area (Å²) >= 11 is 1.16. The molecule has 0 aliphatic rings. The molecule has 3 N–H and O–H groups in total. The molecule has 0 aliphatic heterocycles. The van der Waals surface area contributed by atoms with Crippen LogP contribution in [0.5, 0.6) is 0 Å². The van der Waals surface area contributed by atoms with Crippen molar-refractivity contribution in [1.82, 2.24) is 5.32 Å². The maximum Gasteiger partial charge on any atom is 0.303 e. The first kappa shape index (κ1) is 16.8. The van der Waals surface area contributed by atoms with Crippen LogP contribution in [0.2, 0.25) is 0 Å². The Morgan fingerprint density at radius 1 is 1.30 bits per heavy atom. The maximum atomic E-state index is 12.1. The van der Waals surface area contributed by atoms with E-state index in [9.17, 15) is 14.4 Å². The molecule has 0 spiro atoms. The van der Waals surface area contributed by atoms with E-state index in [1.807, 2.05) is 0 Å². The van der Waals surface area contributed by atoms with E-state index >= 15 is 0 Å². The van der Waals surface area contributed by atoms with Crippen LogP contribution in [-0.2, 0) is 4.79 Å². The second-order valence-corrected chi connectivity index (χ2v) is 5.86. The minimum Gasteiger partial charge on any atom is -0.481 e. The number of carbonyl (C=O) groups excluding carboxylic acids is 2. The molecule has 23 heavy (non-hydrogen) atoms. The van der Waals surface area contributed by atoms with Gasteiger partial charge < -0.3 is 20.2 Å². The number of carboxylic acid groups (broad SMARTS) is 1. The molecule has 0 saturated heterocycles. The van der Waals surface area contributed by atoms with Crippen LogP contribution in [0.15, 0.2) is 28.9 Å². The number of nitrogens with one attached hydrogen (secondary N) is 2. The molecule has 2 rings (SSSR count). The highest BCUT2D eigenvalue weighted by atomic mass is 32.1. The molecule has 0 radical (unpaired) electrons. The number of aryl methyl sites for hydroxylation is 1. The normalized spacial score (nSPS) is 10.3. The van der Waals surface area contributed by atoms with Gasteiger partial charge in [0, 0.05) is 13.0 Å². The lowest BCUT2D eigenvalue weighted by atomic mass is 10.2. The van der Waals surface area contributed by atoms with Crippen molar-refractivity contribution in [1.29, 1.82) is 0 Å². The summed E-state index contributed by atoms with van der Waals surface area (Å²) in [4.78, 5) is 34.8. The summed E-state index contributed by atoms with van der Waals surface area (Å²) in [5.74, 6) is -1.37. The highest BCUT2D eigenvalue weighted by Crippen LogP contribution is 2.27. The van der Waals surface area contributed by atoms with E-state index in [2.05, 4.69) is 10.6 Å². The monoisotopic (exact) mass is 336 g/mol. The van der Waals surface area contributed by atoms with Gasteiger partial charge in [0.15, 0.2) is 5.76 Å². The van der Waals surface area contributed by atoms with Crippen molar-refractivity contribution in [3.63, 3.8) is 0 Å². The Bertz CT molecular complexity index is 706. The minimum atomic E-state index is -0.894. The molecule has 0 aliphatic carbocycles. The van der Waals surface area contributed by atoms with Crippen molar-refractivity contribution in [2.45, 2.75) is 19.8 Å². The van der Waals surface area contributed by atoms with E-state index in [1.165, 1.54) is 6.26 Å². The molecule has 8 heteroatoms. The Hall–Kier alpha value is -2.61. The molecule has 0 aromatic carbocycles. The fourth-order valence-electron chi connectivity index (χ4n) is 1.87. The number of rotatable bonds is 7. The number of hydrogen-bond donors (Lipinski definition) is 3. The molecule has 122 valence electrons. The summed E-state index contributed by atoms with van der Waals surface area (Å²) in [6.45, 7) is 2.06. The van der Waals surface area contributed by atoms with E-state index in [4.69, 9.17) is 9.52 Å².